The van der Waals surface area contributed by atoms with Gasteiger partial charge >= 0.3 is 12.0 Å². The summed E-state index contributed by atoms with van der Waals surface area (Å²) in [6, 6.07) is -0.390. The highest BCUT2D eigenvalue weighted by Gasteiger charge is 2.39. The second kappa shape index (κ2) is 7.94. The number of esters is 1. The Morgan fingerprint density at radius 2 is 1.96 bits per heavy atom. The number of nitrogens with one attached hydrogen (secondary N) is 2. The van der Waals surface area contributed by atoms with Crippen LogP contribution in [0.15, 0.2) is 0 Å². The number of hydrogen-bond donors (Lipinski definition) is 2. The molecule has 8 heteroatoms. The Balaban J connectivity index is 1.74. The van der Waals surface area contributed by atoms with Crippen LogP contribution in [0.1, 0.15) is 39.0 Å². The van der Waals surface area contributed by atoms with E-state index in [9.17, 15) is 19.2 Å². The summed E-state index contributed by atoms with van der Waals surface area (Å²) >= 11 is 0. The third-order valence-corrected chi connectivity index (χ3v) is 4.19. The van der Waals surface area contributed by atoms with Crippen molar-refractivity contribution in [2.24, 2.45) is 5.92 Å². The summed E-state index contributed by atoms with van der Waals surface area (Å²) in [5.74, 6) is -1.81. The Morgan fingerprint density at radius 1 is 1.26 bits per heavy atom. The molecule has 0 radical (unpaired) electrons. The molecular formula is C15H23N3O5. The van der Waals surface area contributed by atoms with Crippen molar-refractivity contribution in [3.8, 4) is 0 Å². The molecular weight excluding hydrogens is 302 g/mol. The number of urea groups is 1. The molecule has 23 heavy (non-hydrogen) atoms. The second-order valence-electron chi connectivity index (χ2n) is 5.90. The highest BCUT2D eigenvalue weighted by molar-refractivity contribution is 5.96. The summed E-state index contributed by atoms with van der Waals surface area (Å²) in [7, 11) is 0. The van der Waals surface area contributed by atoms with Crippen LogP contribution in [-0.4, -0.2) is 54.5 Å². The molecule has 2 N–H and O–H groups in total. The molecule has 1 atom stereocenters. The Bertz CT molecular complexity index is 488. The maximum absolute atomic E-state index is 12.0. The maximum atomic E-state index is 12.0. The quantitative estimate of drug-likeness (QED) is 0.701. The minimum absolute atomic E-state index is 0.0226. The number of imide groups is 1. The summed E-state index contributed by atoms with van der Waals surface area (Å²) in [5, 5.41) is 4.44. The van der Waals surface area contributed by atoms with Gasteiger partial charge in [-0.2, -0.15) is 0 Å². The van der Waals surface area contributed by atoms with Gasteiger partial charge in [-0.1, -0.05) is 12.8 Å². The molecule has 1 saturated carbocycles. The SMILES string of the molecule is CCNC(=O)NC(=O)COC(=O)[C@H]1CC(=O)N(C2CCCC2)C1. The largest absolute Gasteiger partial charge is 0.455 e. The third-order valence-electron chi connectivity index (χ3n) is 4.19. The molecule has 1 aliphatic carbocycles. The van der Waals surface area contributed by atoms with Crippen LogP contribution in [-0.2, 0) is 19.1 Å². The van der Waals surface area contributed by atoms with Crippen LogP contribution in [0, 0.1) is 5.92 Å². The van der Waals surface area contributed by atoms with E-state index in [1.165, 1.54) is 0 Å². The molecule has 0 bridgehead atoms. The summed E-state index contributed by atoms with van der Waals surface area (Å²) < 4.78 is 4.92. The fraction of sp³-hybridized carbons (Fsp3) is 0.733. The van der Waals surface area contributed by atoms with Gasteiger partial charge in [-0.05, 0) is 19.8 Å². The first kappa shape index (κ1) is 17.2. The van der Waals surface area contributed by atoms with Crippen molar-refractivity contribution in [2.75, 3.05) is 19.7 Å². The lowest BCUT2D eigenvalue weighted by molar-refractivity contribution is -0.152. The fourth-order valence-corrected chi connectivity index (χ4v) is 3.08. The number of ether oxygens (including phenoxy) is 1. The fourth-order valence-electron chi connectivity index (χ4n) is 3.08. The molecule has 0 aromatic carbocycles. The van der Waals surface area contributed by atoms with Crippen LogP contribution in [0.5, 0.6) is 0 Å². The Morgan fingerprint density at radius 3 is 2.61 bits per heavy atom. The molecule has 2 fully saturated rings. The number of rotatable bonds is 5. The average molecular weight is 325 g/mol. The van der Waals surface area contributed by atoms with Crippen molar-refractivity contribution in [1.29, 1.82) is 0 Å². The van der Waals surface area contributed by atoms with Crippen LogP contribution in [0.25, 0.3) is 0 Å². The van der Waals surface area contributed by atoms with Crippen LogP contribution in [0.4, 0.5) is 4.79 Å². The van der Waals surface area contributed by atoms with Gasteiger partial charge in [0.1, 0.15) is 0 Å². The van der Waals surface area contributed by atoms with E-state index in [0.717, 1.165) is 25.7 Å². The zero-order valence-corrected chi connectivity index (χ0v) is 13.3. The zero-order valence-electron chi connectivity index (χ0n) is 13.3. The van der Waals surface area contributed by atoms with Gasteiger partial charge in [0.15, 0.2) is 6.61 Å². The Hall–Kier alpha value is -2.12. The molecule has 0 unspecified atom stereocenters. The Labute approximate surface area is 134 Å². The molecule has 128 valence electrons. The highest BCUT2D eigenvalue weighted by Crippen LogP contribution is 2.29. The topological polar surface area (TPSA) is 105 Å². The van der Waals surface area contributed by atoms with Crippen molar-refractivity contribution >= 4 is 23.8 Å². The van der Waals surface area contributed by atoms with Gasteiger partial charge < -0.3 is 15.0 Å². The van der Waals surface area contributed by atoms with Gasteiger partial charge in [-0.25, -0.2) is 4.79 Å². The first-order valence-electron chi connectivity index (χ1n) is 8.05. The molecule has 2 aliphatic rings. The van der Waals surface area contributed by atoms with Crippen molar-refractivity contribution in [3.05, 3.63) is 0 Å². The average Bonchev–Trinajstić information content (AvgIpc) is 3.14. The zero-order chi connectivity index (χ0) is 16.8. The van der Waals surface area contributed by atoms with E-state index >= 15 is 0 Å². The number of hydrogen-bond acceptors (Lipinski definition) is 5. The molecule has 1 saturated heterocycles. The van der Waals surface area contributed by atoms with Gasteiger partial charge in [0.25, 0.3) is 5.91 Å². The number of carbonyl (C=O) groups excluding carboxylic acids is 4. The normalized spacial score (nSPS) is 21.3. The lowest BCUT2D eigenvalue weighted by Gasteiger charge is -2.23. The predicted molar refractivity (Wildman–Crippen MR) is 80.3 cm³/mol. The summed E-state index contributed by atoms with van der Waals surface area (Å²) in [4.78, 5) is 48.4. The number of carbonyl (C=O) groups is 4. The molecule has 1 aliphatic heterocycles. The first-order valence-corrected chi connectivity index (χ1v) is 8.05. The predicted octanol–water partition coefficient (Wildman–Crippen LogP) is 0.166. The number of nitrogens with zero attached hydrogens (tertiary/aromatic N) is 1. The monoisotopic (exact) mass is 325 g/mol. The third kappa shape index (κ3) is 4.67. The van der Waals surface area contributed by atoms with Gasteiger partial charge in [-0.3, -0.25) is 19.7 Å². The van der Waals surface area contributed by atoms with Crippen LogP contribution in [0.3, 0.4) is 0 Å². The van der Waals surface area contributed by atoms with Crippen LogP contribution >= 0.6 is 0 Å². The first-order chi connectivity index (χ1) is 11.0. The standard InChI is InChI=1S/C15H23N3O5/c1-2-16-15(22)17-12(19)9-23-14(21)10-7-13(20)18(8-10)11-5-3-4-6-11/h10-11H,2-9H2,1H3,(H2,16,17,19,22)/t10-/m0/s1. The second-order valence-corrected chi connectivity index (χ2v) is 5.90. The van der Waals surface area contributed by atoms with E-state index in [0.29, 0.717) is 13.1 Å². The summed E-state index contributed by atoms with van der Waals surface area (Å²) in [6.07, 6.45) is 4.34. The van der Waals surface area contributed by atoms with E-state index in [-0.39, 0.29) is 18.4 Å². The van der Waals surface area contributed by atoms with Gasteiger partial charge in [0.2, 0.25) is 5.91 Å². The van der Waals surface area contributed by atoms with E-state index < -0.39 is 30.4 Å². The lowest BCUT2D eigenvalue weighted by atomic mass is 10.1. The van der Waals surface area contributed by atoms with Gasteiger partial charge in [-0.15, -0.1) is 0 Å². The van der Waals surface area contributed by atoms with Gasteiger partial charge in [0, 0.05) is 25.6 Å². The van der Waals surface area contributed by atoms with Gasteiger partial charge in [0.05, 0.1) is 5.92 Å². The minimum Gasteiger partial charge on any atom is -0.455 e. The molecule has 0 aromatic heterocycles. The van der Waals surface area contributed by atoms with Crippen molar-refractivity contribution in [3.63, 3.8) is 0 Å². The van der Waals surface area contributed by atoms with Crippen LogP contribution in [0.2, 0.25) is 0 Å². The van der Waals surface area contributed by atoms with E-state index in [2.05, 4.69) is 5.32 Å². The number of amides is 4. The Kier molecular flexibility index (Phi) is 5.95. The maximum Gasteiger partial charge on any atom is 0.321 e. The molecule has 1 heterocycles. The highest BCUT2D eigenvalue weighted by atomic mass is 16.5. The van der Waals surface area contributed by atoms with E-state index in [1.807, 2.05) is 5.32 Å². The van der Waals surface area contributed by atoms with E-state index in [4.69, 9.17) is 4.74 Å². The molecule has 0 spiro atoms. The minimum atomic E-state index is -0.693. The summed E-state index contributed by atoms with van der Waals surface area (Å²) in [5.41, 5.74) is 0. The molecule has 8 nitrogen and oxygen atoms in total. The molecule has 0 aromatic rings. The van der Waals surface area contributed by atoms with Crippen LogP contribution < -0.4 is 10.6 Å². The number of likely N-dealkylation sites (tertiary alicyclic amines) is 1. The van der Waals surface area contributed by atoms with Crippen molar-refractivity contribution < 1.29 is 23.9 Å². The van der Waals surface area contributed by atoms with E-state index in [1.54, 1.807) is 11.8 Å². The molecule has 4 amide bonds. The van der Waals surface area contributed by atoms with Crippen molar-refractivity contribution in [1.82, 2.24) is 15.5 Å². The smallest absolute Gasteiger partial charge is 0.321 e. The summed E-state index contributed by atoms with van der Waals surface area (Å²) in [6.45, 7) is 1.95. The van der Waals surface area contributed by atoms with Crippen molar-refractivity contribution in [2.45, 2.75) is 45.1 Å². The lowest BCUT2D eigenvalue weighted by Crippen LogP contribution is -2.41. The molecule has 2 rings (SSSR count).